The minimum atomic E-state index is -0.834. The van der Waals surface area contributed by atoms with Crippen molar-refractivity contribution >= 4 is 17.6 Å². The number of carboxylic acids is 1. The number of hydrogen-bond donors (Lipinski definition) is 3. The van der Waals surface area contributed by atoms with Gasteiger partial charge in [0.05, 0.1) is 6.42 Å². The summed E-state index contributed by atoms with van der Waals surface area (Å²) in [6.45, 7) is 3.58. The minimum Gasteiger partial charge on any atom is -0.481 e. The molecule has 0 spiro atoms. The number of nitrogens with one attached hydrogen (secondary N) is 2. The van der Waals surface area contributed by atoms with Crippen molar-refractivity contribution in [3.05, 3.63) is 11.9 Å². The Bertz CT molecular complexity index is 381. The van der Waals surface area contributed by atoms with Gasteiger partial charge in [-0.25, -0.2) is 9.97 Å². The van der Waals surface area contributed by atoms with Crippen LogP contribution in [-0.2, 0) is 4.79 Å². The average Bonchev–Trinajstić information content (AvgIpc) is 2.14. The van der Waals surface area contributed by atoms with E-state index in [0.29, 0.717) is 17.5 Å². The van der Waals surface area contributed by atoms with E-state index in [1.165, 1.54) is 0 Å². The van der Waals surface area contributed by atoms with Gasteiger partial charge in [0.15, 0.2) is 0 Å². The van der Waals surface area contributed by atoms with Crippen LogP contribution in [0.1, 0.15) is 19.2 Å². The second-order valence-electron chi connectivity index (χ2n) is 3.58. The van der Waals surface area contributed by atoms with Crippen LogP contribution in [0, 0.1) is 6.92 Å². The van der Waals surface area contributed by atoms with Crippen molar-refractivity contribution in [2.45, 2.75) is 26.3 Å². The molecule has 1 aromatic heterocycles. The smallest absolute Gasteiger partial charge is 0.305 e. The molecule has 3 N–H and O–H groups in total. The summed E-state index contributed by atoms with van der Waals surface area (Å²) < 4.78 is 0. The Hall–Kier alpha value is -1.85. The van der Waals surface area contributed by atoms with Gasteiger partial charge in [0.2, 0.25) is 0 Å². The minimum absolute atomic E-state index is 0.0535. The van der Waals surface area contributed by atoms with E-state index in [1.807, 2.05) is 0 Å². The number of aliphatic carboxylic acids is 1. The molecule has 6 heteroatoms. The number of nitrogens with zero attached hydrogens (tertiary/aromatic N) is 2. The Morgan fingerprint density at radius 2 is 2.12 bits per heavy atom. The summed E-state index contributed by atoms with van der Waals surface area (Å²) in [7, 11) is 1.77. The summed E-state index contributed by atoms with van der Waals surface area (Å²) in [6, 6.07) is 1.57. The van der Waals surface area contributed by atoms with Crippen molar-refractivity contribution in [1.82, 2.24) is 9.97 Å². The van der Waals surface area contributed by atoms with Crippen molar-refractivity contribution in [2.24, 2.45) is 0 Å². The van der Waals surface area contributed by atoms with Crippen molar-refractivity contribution in [3.8, 4) is 0 Å². The molecule has 0 radical (unpaired) electrons. The lowest BCUT2D eigenvalue weighted by molar-refractivity contribution is -0.137. The highest BCUT2D eigenvalue weighted by Crippen LogP contribution is 2.12. The lowest BCUT2D eigenvalue weighted by Crippen LogP contribution is -2.20. The van der Waals surface area contributed by atoms with Crippen molar-refractivity contribution in [3.63, 3.8) is 0 Å². The van der Waals surface area contributed by atoms with E-state index < -0.39 is 5.97 Å². The number of rotatable bonds is 5. The fourth-order valence-corrected chi connectivity index (χ4v) is 1.34. The third kappa shape index (κ3) is 3.72. The lowest BCUT2D eigenvalue weighted by Gasteiger charge is -2.13. The topological polar surface area (TPSA) is 87.1 Å². The molecule has 1 atom stereocenters. The molecule has 0 bridgehead atoms. The second kappa shape index (κ2) is 5.29. The van der Waals surface area contributed by atoms with Crippen LogP contribution in [0.2, 0.25) is 0 Å². The van der Waals surface area contributed by atoms with Gasteiger partial charge in [0, 0.05) is 19.2 Å². The van der Waals surface area contributed by atoms with Crippen LogP contribution < -0.4 is 10.6 Å². The molecular formula is C10H16N4O2. The van der Waals surface area contributed by atoms with Crippen LogP contribution in [0.3, 0.4) is 0 Å². The van der Waals surface area contributed by atoms with E-state index >= 15 is 0 Å². The number of hydrogen-bond acceptors (Lipinski definition) is 5. The molecule has 88 valence electrons. The maximum Gasteiger partial charge on any atom is 0.305 e. The van der Waals surface area contributed by atoms with E-state index in [4.69, 9.17) is 5.11 Å². The first-order valence-corrected chi connectivity index (χ1v) is 5.03. The third-order valence-electron chi connectivity index (χ3n) is 1.97. The standard InChI is InChI=1S/C10H16N4O2/c1-6(4-10(15)16)12-9-5-8(11-3)13-7(2)14-9/h5-6H,4H2,1-3H3,(H,15,16)(H2,11,12,13,14). The van der Waals surface area contributed by atoms with E-state index in [9.17, 15) is 4.79 Å². The maximum absolute atomic E-state index is 10.5. The molecule has 0 aromatic carbocycles. The monoisotopic (exact) mass is 224 g/mol. The molecule has 0 amide bonds. The van der Waals surface area contributed by atoms with Crippen LogP contribution in [0.15, 0.2) is 6.07 Å². The number of aromatic nitrogens is 2. The fraction of sp³-hybridized carbons (Fsp3) is 0.500. The summed E-state index contributed by atoms with van der Waals surface area (Å²) >= 11 is 0. The quantitative estimate of drug-likeness (QED) is 0.694. The Balaban J connectivity index is 2.72. The number of anilines is 2. The molecule has 0 fully saturated rings. The molecule has 16 heavy (non-hydrogen) atoms. The van der Waals surface area contributed by atoms with Crippen LogP contribution >= 0.6 is 0 Å². The molecular weight excluding hydrogens is 208 g/mol. The molecule has 1 unspecified atom stereocenters. The van der Waals surface area contributed by atoms with Crippen molar-refractivity contribution < 1.29 is 9.90 Å². The molecule has 1 aromatic rings. The number of carbonyl (C=O) groups is 1. The second-order valence-corrected chi connectivity index (χ2v) is 3.58. The summed E-state index contributed by atoms with van der Waals surface area (Å²) in [4.78, 5) is 18.8. The van der Waals surface area contributed by atoms with Crippen LogP contribution in [0.4, 0.5) is 11.6 Å². The highest BCUT2D eigenvalue weighted by Gasteiger charge is 2.08. The number of carboxylic acid groups (broad SMARTS) is 1. The summed E-state index contributed by atoms with van der Waals surface area (Å²) in [6.07, 6.45) is 0.0535. The summed E-state index contributed by atoms with van der Waals surface area (Å²) in [5, 5.41) is 14.6. The van der Waals surface area contributed by atoms with Crippen LogP contribution in [0.25, 0.3) is 0 Å². The first kappa shape index (κ1) is 12.2. The highest BCUT2D eigenvalue weighted by molar-refractivity contribution is 5.68. The summed E-state index contributed by atoms with van der Waals surface area (Å²) in [5.74, 6) is 1.14. The average molecular weight is 224 g/mol. The predicted octanol–water partition coefficient (Wildman–Crippen LogP) is 1.10. The SMILES string of the molecule is CNc1cc(NC(C)CC(=O)O)nc(C)n1. The van der Waals surface area contributed by atoms with E-state index in [0.717, 1.165) is 0 Å². The largest absolute Gasteiger partial charge is 0.481 e. The van der Waals surface area contributed by atoms with Gasteiger partial charge < -0.3 is 15.7 Å². The molecule has 0 aliphatic heterocycles. The molecule has 1 heterocycles. The molecule has 0 aliphatic rings. The van der Waals surface area contributed by atoms with Gasteiger partial charge in [-0.2, -0.15) is 0 Å². The molecule has 1 rings (SSSR count). The lowest BCUT2D eigenvalue weighted by atomic mass is 10.2. The van der Waals surface area contributed by atoms with Crippen molar-refractivity contribution in [2.75, 3.05) is 17.7 Å². The van der Waals surface area contributed by atoms with E-state index in [1.54, 1.807) is 27.0 Å². The van der Waals surface area contributed by atoms with E-state index in [2.05, 4.69) is 20.6 Å². The normalized spacial score (nSPS) is 11.9. The van der Waals surface area contributed by atoms with Crippen molar-refractivity contribution in [1.29, 1.82) is 0 Å². The van der Waals surface area contributed by atoms with Gasteiger partial charge in [0.25, 0.3) is 0 Å². The Morgan fingerprint density at radius 1 is 1.50 bits per heavy atom. The highest BCUT2D eigenvalue weighted by atomic mass is 16.4. The van der Waals surface area contributed by atoms with Gasteiger partial charge in [0.1, 0.15) is 17.5 Å². The van der Waals surface area contributed by atoms with E-state index in [-0.39, 0.29) is 12.5 Å². The Labute approximate surface area is 94.1 Å². The Morgan fingerprint density at radius 3 is 2.69 bits per heavy atom. The Kier molecular flexibility index (Phi) is 4.04. The first-order valence-electron chi connectivity index (χ1n) is 5.03. The third-order valence-corrected chi connectivity index (χ3v) is 1.97. The number of aryl methyl sites for hydroxylation is 1. The molecule has 6 nitrogen and oxygen atoms in total. The van der Waals surface area contributed by atoms with Crippen LogP contribution in [-0.4, -0.2) is 34.1 Å². The van der Waals surface area contributed by atoms with Gasteiger partial charge in [-0.15, -0.1) is 0 Å². The zero-order valence-electron chi connectivity index (χ0n) is 9.61. The molecule has 0 saturated heterocycles. The molecule has 0 saturated carbocycles. The first-order chi connectivity index (χ1) is 7.51. The maximum atomic E-state index is 10.5. The molecule has 0 aliphatic carbocycles. The van der Waals surface area contributed by atoms with Gasteiger partial charge in [-0.05, 0) is 13.8 Å². The van der Waals surface area contributed by atoms with Gasteiger partial charge in [-0.1, -0.05) is 0 Å². The summed E-state index contributed by atoms with van der Waals surface area (Å²) in [5.41, 5.74) is 0. The van der Waals surface area contributed by atoms with Gasteiger partial charge in [-0.3, -0.25) is 4.79 Å². The predicted molar refractivity (Wildman–Crippen MR) is 61.7 cm³/mol. The fourth-order valence-electron chi connectivity index (χ4n) is 1.34. The zero-order chi connectivity index (χ0) is 12.1. The van der Waals surface area contributed by atoms with Crippen LogP contribution in [0.5, 0.6) is 0 Å². The van der Waals surface area contributed by atoms with Gasteiger partial charge >= 0.3 is 5.97 Å². The zero-order valence-corrected chi connectivity index (χ0v) is 9.61.